The van der Waals surface area contributed by atoms with E-state index in [4.69, 9.17) is 0 Å². The van der Waals surface area contributed by atoms with Crippen molar-refractivity contribution in [2.75, 3.05) is 0 Å². The Kier molecular flexibility index (Phi) is 6.35. The number of halogens is 2. The first-order valence-corrected chi connectivity index (χ1v) is 4.83. The lowest BCUT2D eigenvalue weighted by Gasteiger charge is -2.24. The molecule has 1 N–H and O–H groups in total. The molecule has 0 spiro atoms. The summed E-state index contributed by atoms with van der Waals surface area (Å²) in [6.07, 6.45) is 0.862. The summed E-state index contributed by atoms with van der Waals surface area (Å²) < 4.78 is 26.7. The van der Waals surface area contributed by atoms with Gasteiger partial charge in [0.1, 0.15) is 0 Å². The second-order valence-corrected chi connectivity index (χ2v) is 4.82. The van der Waals surface area contributed by atoms with E-state index in [1.54, 1.807) is 6.92 Å². The number of hydrogen-bond acceptors (Lipinski definition) is 1. The Morgan fingerprint density at radius 1 is 1.24 bits per heavy atom. The predicted octanol–water partition coefficient (Wildman–Crippen LogP) is 3.91. The molecule has 1 aromatic heterocycles. The van der Waals surface area contributed by atoms with E-state index in [2.05, 4.69) is 0 Å². The van der Waals surface area contributed by atoms with Gasteiger partial charge in [0.25, 0.3) is 11.9 Å². The molecular weight excluding hydrogens is 224 g/mol. The van der Waals surface area contributed by atoms with Gasteiger partial charge in [0.05, 0.1) is 5.92 Å². The summed E-state index contributed by atoms with van der Waals surface area (Å²) in [5.41, 5.74) is -0.104. The fraction of sp³-hybridized carbons (Fsp3) is 0.615. The first-order valence-electron chi connectivity index (χ1n) is 4.83. The highest BCUT2D eigenvalue weighted by atomic mass is 19.1. The summed E-state index contributed by atoms with van der Waals surface area (Å²) >= 11 is 0. The van der Waals surface area contributed by atoms with Crippen molar-refractivity contribution in [1.29, 1.82) is 0 Å². The zero-order valence-electron chi connectivity index (χ0n) is 9.38. The number of rotatable bonds is 1. The molecule has 0 fully saturated rings. The van der Waals surface area contributed by atoms with Crippen LogP contribution in [-0.4, -0.2) is 5.21 Å². The van der Waals surface area contributed by atoms with Crippen LogP contribution in [0.5, 0.6) is 0 Å². The Hall–Kier alpha value is -1.19. The van der Waals surface area contributed by atoms with Crippen molar-refractivity contribution >= 4 is 0 Å². The summed E-state index contributed by atoms with van der Waals surface area (Å²) in [7, 11) is 0. The molecule has 100 valence electrons. The number of pyridine rings is 1. The summed E-state index contributed by atoms with van der Waals surface area (Å²) in [4.78, 5) is 0. The highest BCUT2D eigenvalue weighted by molar-refractivity contribution is 5.09. The smallest absolute Gasteiger partial charge is 0.272 e. The molecule has 0 saturated heterocycles. The van der Waals surface area contributed by atoms with Crippen molar-refractivity contribution < 1.29 is 18.7 Å². The standard InChI is InChI=1S/C11H16F2NO.2CH4/c1-7(11(2,3)4)10-9(13)5-8(12)6-14(10)15;;/h5-7,15H,1-4H3;2*1H4/q+1;;/t7-;;/m1../s1. The molecular formula is C13H24F2NO+. The van der Waals surface area contributed by atoms with Crippen LogP contribution < -0.4 is 4.73 Å². The Morgan fingerprint density at radius 3 is 2.06 bits per heavy atom. The van der Waals surface area contributed by atoms with Crippen molar-refractivity contribution in [3.05, 3.63) is 29.6 Å². The van der Waals surface area contributed by atoms with Gasteiger partial charge in [-0.25, -0.2) is 4.39 Å². The Balaban J connectivity index is 0. The van der Waals surface area contributed by atoms with Crippen LogP contribution in [0.15, 0.2) is 12.3 Å². The third-order valence-corrected chi connectivity index (χ3v) is 2.71. The molecule has 17 heavy (non-hydrogen) atoms. The summed E-state index contributed by atoms with van der Waals surface area (Å²) in [6, 6.07) is 0.782. The SMILES string of the molecule is C.C.C[C@H](c1c(F)cc(F)c[n+]1O)C(C)(C)C. The Bertz CT molecular complexity index is 349. The van der Waals surface area contributed by atoms with Crippen molar-refractivity contribution in [1.82, 2.24) is 0 Å². The zero-order valence-corrected chi connectivity index (χ0v) is 9.38. The lowest BCUT2D eigenvalue weighted by Crippen LogP contribution is -2.40. The highest BCUT2D eigenvalue weighted by Gasteiger charge is 2.33. The first kappa shape index (κ1) is 18.2. The van der Waals surface area contributed by atoms with Crippen LogP contribution in [0, 0.1) is 17.0 Å². The van der Waals surface area contributed by atoms with Crippen molar-refractivity contribution in [3.63, 3.8) is 0 Å². The van der Waals surface area contributed by atoms with Gasteiger partial charge in [0.15, 0.2) is 11.6 Å². The number of aromatic nitrogens is 1. The van der Waals surface area contributed by atoms with Gasteiger partial charge in [-0.1, -0.05) is 42.5 Å². The molecule has 0 saturated carbocycles. The molecule has 1 rings (SSSR count). The average Bonchev–Trinajstić information content (AvgIpc) is 1.99. The van der Waals surface area contributed by atoms with E-state index in [9.17, 15) is 14.0 Å². The minimum Gasteiger partial charge on any atom is -0.285 e. The van der Waals surface area contributed by atoms with Crippen molar-refractivity contribution in [2.24, 2.45) is 5.41 Å². The molecule has 0 aliphatic heterocycles. The van der Waals surface area contributed by atoms with Gasteiger partial charge in [-0.15, -0.1) is 0 Å². The maximum Gasteiger partial charge on any atom is 0.272 e. The van der Waals surface area contributed by atoms with Crippen molar-refractivity contribution in [3.8, 4) is 0 Å². The molecule has 0 radical (unpaired) electrons. The summed E-state index contributed by atoms with van der Waals surface area (Å²) in [6.45, 7) is 7.59. The quantitative estimate of drug-likeness (QED) is 0.591. The van der Waals surface area contributed by atoms with E-state index in [0.717, 1.165) is 12.3 Å². The lowest BCUT2D eigenvalue weighted by molar-refractivity contribution is -0.912. The predicted molar refractivity (Wildman–Crippen MR) is 65.1 cm³/mol. The first-order chi connectivity index (χ1) is 6.73. The van der Waals surface area contributed by atoms with Crippen LogP contribution in [0.25, 0.3) is 0 Å². The molecule has 0 aliphatic rings. The van der Waals surface area contributed by atoms with Gasteiger partial charge in [-0.3, -0.25) is 5.21 Å². The van der Waals surface area contributed by atoms with Gasteiger partial charge in [-0.2, -0.15) is 4.39 Å². The maximum absolute atomic E-state index is 13.5. The molecule has 4 heteroatoms. The Morgan fingerprint density at radius 2 is 1.71 bits per heavy atom. The second-order valence-electron chi connectivity index (χ2n) is 4.82. The molecule has 1 atom stereocenters. The monoisotopic (exact) mass is 248 g/mol. The van der Waals surface area contributed by atoms with E-state index in [0.29, 0.717) is 4.73 Å². The summed E-state index contributed by atoms with van der Waals surface area (Å²) in [5.74, 6) is -1.73. The van der Waals surface area contributed by atoms with Crippen LogP contribution in [-0.2, 0) is 0 Å². The summed E-state index contributed by atoms with van der Waals surface area (Å²) in [5, 5.41) is 9.44. The van der Waals surface area contributed by atoms with Crippen LogP contribution in [0.4, 0.5) is 8.78 Å². The van der Waals surface area contributed by atoms with Crippen LogP contribution in [0.1, 0.15) is 54.2 Å². The van der Waals surface area contributed by atoms with E-state index >= 15 is 0 Å². The van der Waals surface area contributed by atoms with E-state index in [-0.39, 0.29) is 31.9 Å². The molecule has 2 nitrogen and oxygen atoms in total. The van der Waals surface area contributed by atoms with E-state index < -0.39 is 11.6 Å². The third-order valence-electron chi connectivity index (χ3n) is 2.71. The zero-order chi connectivity index (χ0) is 11.8. The highest BCUT2D eigenvalue weighted by Crippen LogP contribution is 2.33. The average molecular weight is 248 g/mol. The molecule has 0 aromatic carbocycles. The van der Waals surface area contributed by atoms with Gasteiger partial charge in [0.2, 0.25) is 0 Å². The number of nitrogens with zero attached hydrogens (tertiary/aromatic N) is 1. The van der Waals surface area contributed by atoms with E-state index in [1.807, 2.05) is 20.8 Å². The molecule has 0 unspecified atom stereocenters. The molecule has 0 amide bonds. The fourth-order valence-corrected chi connectivity index (χ4v) is 1.34. The fourth-order valence-electron chi connectivity index (χ4n) is 1.34. The van der Waals surface area contributed by atoms with Gasteiger partial charge in [0, 0.05) is 10.8 Å². The molecule has 1 heterocycles. The lowest BCUT2D eigenvalue weighted by atomic mass is 9.80. The van der Waals surface area contributed by atoms with Gasteiger partial charge < -0.3 is 0 Å². The van der Waals surface area contributed by atoms with Crippen LogP contribution in [0.2, 0.25) is 0 Å². The minimum absolute atomic E-state index is 0. The Labute approximate surface area is 103 Å². The van der Waals surface area contributed by atoms with Gasteiger partial charge in [-0.05, 0) is 5.41 Å². The molecule has 1 aromatic rings. The van der Waals surface area contributed by atoms with Crippen LogP contribution >= 0.6 is 0 Å². The molecule has 0 bridgehead atoms. The van der Waals surface area contributed by atoms with Crippen molar-refractivity contribution in [2.45, 2.75) is 48.5 Å². The topological polar surface area (TPSA) is 24.1 Å². The second kappa shape index (κ2) is 5.94. The maximum atomic E-state index is 13.5. The van der Waals surface area contributed by atoms with E-state index in [1.165, 1.54) is 0 Å². The normalized spacial score (nSPS) is 12.4. The minimum atomic E-state index is -0.792. The van der Waals surface area contributed by atoms with Gasteiger partial charge >= 0.3 is 0 Å². The third kappa shape index (κ3) is 3.95. The number of hydrogen-bond donors (Lipinski definition) is 1. The van der Waals surface area contributed by atoms with Crippen LogP contribution in [0.3, 0.4) is 0 Å². The largest absolute Gasteiger partial charge is 0.285 e. The molecule has 0 aliphatic carbocycles.